The second-order valence-corrected chi connectivity index (χ2v) is 16.7. The number of hydrogen-bond acceptors (Lipinski definition) is 10. The molecule has 0 atom stereocenters. The highest BCUT2D eigenvalue weighted by Crippen LogP contribution is 2.38. The van der Waals surface area contributed by atoms with E-state index in [1.807, 2.05) is 0 Å². The van der Waals surface area contributed by atoms with Gasteiger partial charge in [0.2, 0.25) is 0 Å². The molecule has 0 fully saturated rings. The molecule has 0 saturated carbocycles. The van der Waals surface area contributed by atoms with E-state index in [1.165, 1.54) is 84.9 Å². The number of ether oxygens (including phenoxy) is 4. The molecular formula is C58H52F2O14. The highest BCUT2D eigenvalue weighted by atomic mass is 19.1. The number of carbonyl (C=O) groups excluding carboxylic acids is 2. The molecule has 16 heteroatoms. The normalized spacial score (nSPS) is 11.1. The number of carboxylic acids is 4. The SMILES string of the molecule is O=C(C=Cc1ccc(OCCCCCCOc2ccc(-c3ccc(OCCCCCCOc4ccc(C=CC(=O)c5ccc(F)cc5)cc4)c(C(=O)O)c3C(=O)O)c(C(=O)O)c2C(=O)O)cc1)c1ccc(F)cc1. The van der Waals surface area contributed by atoms with Crippen LogP contribution in [0.5, 0.6) is 23.0 Å². The van der Waals surface area contributed by atoms with Crippen molar-refractivity contribution in [3.05, 3.63) is 190 Å². The van der Waals surface area contributed by atoms with E-state index >= 15 is 0 Å². The molecule has 14 nitrogen and oxygen atoms in total. The number of carbonyl (C=O) groups is 6. The Bertz CT molecular complexity index is 2790. The summed E-state index contributed by atoms with van der Waals surface area (Å²) < 4.78 is 49.4. The van der Waals surface area contributed by atoms with Gasteiger partial charge in [-0.1, -0.05) is 36.4 Å². The van der Waals surface area contributed by atoms with Gasteiger partial charge in [-0.15, -0.1) is 0 Å². The van der Waals surface area contributed by atoms with Gasteiger partial charge < -0.3 is 39.4 Å². The number of hydrogen-bond donors (Lipinski definition) is 4. The molecule has 74 heavy (non-hydrogen) atoms. The minimum atomic E-state index is -1.70. The van der Waals surface area contributed by atoms with Crippen LogP contribution in [0.15, 0.2) is 133 Å². The van der Waals surface area contributed by atoms with E-state index in [-0.39, 0.29) is 47.4 Å². The molecule has 6 rings (SSSR count). The van der Waals surface area contributed by atoms with Crippen LogP contribution in [-0.2, 0) is 0 Å². The Kier molecular flexibility index (Phi) is 19.9. The van der Waals surface area contributed by atoms with Crippen molar-refractivity contribution in [3.8, 4) is 34.1 Å². The van der Waals surface area contributed by atoms with Crippen LogP contribution in [0.4, 0.5) is 8.78 Å². The highest BCUT2D eigenvalue weighted by molar-refractivity contribution is 6.13. The van der Waals surface area contributed by atoms with Gasteiger partial charge in [0, 0.05) is 11.1 Å². The fraction of sp³-hybridized carbons (Fsp3) is 0.207. The maximum Gasteiger partial charge on any atom is 0.340 e. The lowest BCUT2D eigenvalue weighted by molar-refractivity contribution is 0.0646. The molecular weight excluding hydrogens is 959 g/mol. The van der Waals surface area contributed by atoms with Gasteiger partial charge in [-0.25, -0.2) is 28.0 Å². The van der Waals surface area contributed by atoms with Gasteiger partial charge in [0.15, 0.2) is 11.6 Å². The van der Waals surface area contributed by atoms with Crippen LogP contribution in [0.1, 0.15) is 125 Å². The lowest BCUT2D eigenvalue weighted by atomic mass is 9.89. The molecule has 0 aliphatic carbocycles. The van der Waals surface area contributed by atoms with Crippen LogP contribution in [-0.4, -0.2) is 82.3 Å². The van der Waals surface area contributed by atoms with Gasteiger partial charge in [0.05, 0.1) is 37.6 Å². The number of halogens is 2. The summed E-state index contributed by atoms with van der Waals surface area (Å²) in [4.78, 5) is 75.2. The lowest BCUT2D eigenvalue weighted by Crippen LogP contribution is -2.16. The van der Waals surface area contributed by atoms with Crippen molar-refractivity contribution in [1.82, 2.24) is 0 Å². The Labute approximate surface area is 424 Å². The molecule has 6 aromatic rings. The summed E-state index contributed by atoms with van der Waals surface area (Å²) in [5, 5.41) is 41.0. The summed E-state index contributed by atoms with van der Waals surface area (Å²) in [6.45, 7) is 0.880. The highest BCUT2D eigenvalue weighted by Gasteiger charge is 2.31. The van der Waals surface area contributed by atoms with E-state index in [0.29, 0.717) is 74.4 Å². The smallest absolute Gasteiger partial charge is 0.340 e. The van der Waals surface area contributed by atoms with Gasteiger partial charge in [-0.3, -0.25) is 9.59 Å². The largest absolute Gasteiger partial charge is 0.494 e. The third-order valence-corrected chi connectivity index (χ3v) is 11.5. The maximum absolute atomic E-state index is 13.1. The number of carboxylic acid groups (broad SMARTS) is 4. The fourth-order valence-corrected chi connectivity index (χ4v) is 7.70. The molecule has 0 aliphatic heterocycles. The number of aromatic carboxylic acids is 4. The summed E-state index contributed by atoms with van der Waals surface area (Å²) in [7, 11) is 0. The van der Waals surface area contributed by atoms with E-state index in [9.17, 15) is 58.0 Å². The first-order valence-corrected chi connectivity index (χ1v) is 23.6. The van der Waals surface area contributed by atoms with Crippen LogP contribution < -0.4 is 18.9 Å². The van der Waals surface area contributed by atoms with Gasteiger partial charge in [0.1, 0.15) is 45.8 Å². The first kappa shape index (κ1) is 54.4. The molecule has 0 heterocycles. The number of allylic oxidation sites excluding steroid dienone is 2. The fourth-order valence-electron chi connectivity index (χ4n) is 7.70. The minimum absolute atomic E-state index is 0.0310. The predicted molar refractivity (Wildman–Crippen MR) is 271 cm³/mol. The first-order valence-electron chi connectivity index (χ1n) is 23.6. The van der Waals surface area contributed by atoms with E-state index in [0.717, 1.165) is 24.0 Å². The summed E-state index contributed by atoms with van der Waals surface area (Å²) in [5.41, 5.74) is -1.43. The van der Waals surface area contributed by atoms with E-state index in [4.69, 9.17) is 18.9 Å². The lowest BCUT2D eigenvalue weighted by Gasteiger charge is -2.18. The zero-order chi connectivity index (χ0) is 53.0. The second kappa shape index (κ2) is 27.1. The van der Waals surface area contributed by atoms with Crippen LogP contribution in [0, 0.1) is 11.6 Å². The summed E-state index contributed by atoms with van der Waals surface area (Å²) in [6.07, 6.45) is 11.2. The maximum atomic E-state index is 13.1. The standard InChI is InChI=1S/C58H52F2O14/c59-41-19-15-39(16-20-41)47(61)29-13-37-9-23-43(24-10-37)71-33-5-1-3-7-35-73-49-31-27-45(51(55(63)64)53(49)57(67)68)46-28-32-50(54(58(69)70)52(46)56(65)66)74-36-8-4-2-6-34-72-44-25-11-38(12-26-44)14-30-48(62)40-17-21-42(60)22-18-40/h9-32H,1-8,33-36H2,(H,63,64)(H,65,66)(H,67,68)(H,69,70). The van der Waals surface area contributed by atoms with Crippen LogP contribution >= 0.6 is 0 Å². The minimum Gasteiger partial charge on any atom is -0.494 e. The molecule has 0 aromatic heterocycles. The number of ketones is 2. The van der Waals surface area contributed by atoms with E-state index in [1.54, 1.807) is 60.7 Å². The second-order valence-electron chi connectivity index (χ2n) is 16.7. The van der Waals surface area contributed by atoms with Crippen LogP contribution in [0.25, 0.3) is 23.3 Å². The van der Waals surface area contributed by atoms with Crippen molar-refractivity contribution < 1.29 is 76.9 Å². The van der Waals surface area contributed by atoms with Crippen molar-refractivity contribution in [3.63, 3.8) is 0 Å². The zero-order valence-corrected chi connectivity index (χ0v) is 40.0. The number of rotatable bonds is 29. The van der Waals surface area contributed by atoms with Crippen molar-refractivity contribution in [2.45, 2.75) is 51.4 Å². The molecule has 4 N–H and O–H groups in total. The molecule has 382 valence electrons. The van der Waals surface area contributed by atoms with E-state index < -0.39 is 57.8 Å². The molecule has 0 bridgehead atoms. The Morgan fingerprint density at radius 3 is 0.986 bits per heavy atom. The van der Waals surface area contributed by atoms with Crippen molar-refractivity contribution >= 4 is 47.6 Å². The molecule has 0 radical (unpaired) electrons. The predicted octanol–water partition coefficient (Wildman–Crippen LogP) is 12.3. The van der Waals surface area contributed by atoms with Crippen molar-refractivity contribution in [2.24, 2.45) is 0 Å². The quantitative estimate of drug-likeness (QED) is 0.0195. The Morgan fingerprint density at radius 2 is 0.676 bits per heavy atom. The third kappa shape index (κ3) is 15.5. The Hall–Kier alpha value is -8.92. The average Bonchev–Trinajstić information content (AvgIpc) is 3.39. The molecule has 0 amide bonds. The average molecular weight is 1010 g/mol. The van der Waals surface area contributed by atoms with Crippen molar-refractivity contribution in [1.29, 1.82) is 0 Å². The molecule has 0 saturated heterocycles. The van der Waals surface area contributed by atoms with Crippen LogP contribution in [0.3, 0.4) is 0 Å². The first-order chi connectivity index (χ1) is 35.7. The van der Waals surface area contributed by atoms with Gasteiger partial charge in [-0.05, 0) is 183 Å². The molecule has 6 aromatic carbocycles. The third-order valence-electron chi connectivity index (χ3n) is 11.5. The van der Waals surface area contributed by atoms with Crippen LogP contribution in [0.2, 0.25) is 0 Å². The molecule has 0 aliphatic rings. The monoisotopic (exact) mass is 1010 g/mol. The zero-order valence-electron chi connectivity index (χ0n) is 40.0. The van der Waals surface area contributed by atoms with Gasteiger partial charge in [-0.2, -0.15) is 0 Å². The Morgan fingerprint density at radius 1 is 0.365 bits per heavy atom. The number of benzene rings is 6. The molecule has 0 spiro atoms. The topological polar surface area (TPSA) is 220 Å². The summed E-state index contributed by atoms with van der Waals surface area (Å²) in [6, 6.07) is 29.6. The van der Waals surface area contributed by atoms with Gasteiger partial charge >= 0.3 is 23.9 Å². The summed E-state index contributed by atoms with van der Waals surface area (Å²) in [5.74, 6) is -7.34. The van der Waals surface area contributed by atoms with Gasteiger partial charge in [0.25, 0.3) is 0 Å². The molecule has 0 unspecified atom stereocenters. The number of unbranched alkanes of at least 4 members (excludes halogenated alkanes) is 6. The van der Waals surface area contributed by atoms with Crippen molar-refractivity contribution in [2.75, 3.05) is 26.4 Å². The van der Waals surface area contributed by atoms with E-state index in [2.05, 4.69) is 0 Å². The summed E-state index contributed by atoms with van der Waals surface area (Å²) >= 11 is 0. The Balaban J connectivity index is 0.961.